The molecular formula is C19H13ClF4N4O5. The van der Waals surface area contributed by atoms with Crippen molar-refractivity contribution in [1.29, 1.82) is 0 Å². The van der Waals surface area contributed by atoms with E-state index in [4.69, 9.17) is 26.9 Å². The Morgan fingerprint density at radius 3 is 2.55 bits per heavy atom. The molecule has 2 aromatic heterocycles. The second-order valence-corrected chi connectivity index (χ2v) is 6.89. The first-order valence-electron chi connectivity index (χ1n) is 8.86. The summed E-state index contributed by atoms with van der Waals surface area (Å²) in [6.07, 6.45) is -3.76. The van der Waals surface area contributed by atoms with Gasteiger partial charge in [-0.1, -0.05) is 11.6 Å². The maximum Gasteiger partial charge on any atom is 0.433 e. The van der Waals surface area contributed by atoms with Crippen molar-refractivity contribution >= 4 is 17.4 Å². The van der Waals surface area contributed by atoms with Crippen LogP contribution in [0.5, 0.6) is 17.4 Å². The van der Waals surface area contributed by atoms with Crippen LogP contribution in [0.2, 0.25) is 5.02 Å². The highest BCUT2D eigenvalue weighted by molar-refractivity contribution is 6.32. The Balaban J connectivity index is 2.12. The molecule has 0 radical (unpaired) electrons. The number of carbonyl (C=O) groups is 1. The van der Waals surface area contributed by atoms with Crippen LogP contribution in [0.15, 0.2) is 46.1 Å². The molecule has 174 valence electrons. The van der Waals surface area contributed by atoms with Crippen molar-refractivity contribution in [3.63, 3.8) is 0 Å². The highest BCUT2D eigenvalue weighted by Gasteiger charge is 2.36. The topological polar surface area (TPSA) is 118 Å². The number of ketones is 1. The molecule has 0 bridgehead atoms. The zero-order valence-electron chi connectivity index (χ0n) is 16.5. The van der Waals surface area contributed by atoms with Gasteiger partial charge in [0.2, 0.25) is 0 Å². The number of halogens is 5. The summed E-state index contributed by atoms with van der Waals surface area (Å²) in [5.41, 5.74) is -5.64. The molecule has 0 saturated carbocycles. The molecule has 2 heterocycles. The number of pyridine rings is 1. The Morgan fingerprint density at radius 1 is 1.21 bits per heavy atom. The molecule has 0 unspecified atom stereocenters. The minimum atomic E-state index is -5.10. The number of hydrogen-bond donors (Lipinski definition) is 1. The van der Waals surface area contributed by atoms with E-state index in [1.54, 1.807) is 0 Å². The van der Waals surface area contributed by atoms with Crippen LogP contribution >= 0.6 is 11.6 Å². The van der Waals surface area contributed by atoms with Gasteiger partial charge in [-0.2, -0.15) is 13.2 Å². The van der Waals surface area contributed by atoms with Gasteiger partial charge in [-0.3, -0.25) is 9.59 Å². The molecule has 0 fully saturated rings. The van der Waals surface area contributed by atoms with Gasteiger partial charge in [-0.05, 0) is 25.1 Å². The van der Waals surface area contributed by atoms with E-state index < -0.39 is 34.6 Å². The van der Waals surface area contributed by atoms with Crippen LogP contribution in [0.3, 0.4) is 0 Å². The maximum atomic E-state index is 14.6. The standard InChI is InChI=1S/C19H13ClF4N4O5/c1-9(29)8-32-17-13(3-2-4-26-17)33-14-6-12(11(21)5-10(14)20)27-16(30)7-15(19(22,23)24)28(25)18(27)31/h2-7H,8,25H2,1H3. The van der Waals surface area contributed by atoms with Crippen molar-refractivity contribution in [2.45, 2.75) is 13.1 Å². The maximum absolute atomic E-state index is 14.6. The number of alkyl halides is 3. The molecular weight excluding hydrogens is 476 g/mol. The number of benzene rings is 1. The number of aromatic nitrogens is 3. The summed E-state index contributed by atoms with van der Waals surface area (Å²) in [6.45, 7) is 0.950. The monoisotopic (exact) mass is 488 g/mol. The van der Waals surface area contributed by atoms with Gasteiger partial charge >= 0.3 is 11.9 Å². The molecule has 0 spiro atoms. The zero-order chi connectivity index (χ0) is 24.5. The van der Waals surface area contributed by atoms with Crippen LogP contribution in [0, 0.1) is 5.82 Å². The lowest BCUT2D eigenvalue weighted by Crippen LogP contribution is -2.45. The fourth-order valence-corrected chi connectivity index (χ4v) is 2.80. The van der Waals surface area contributed by atoms with Crippen molar-refractivity contribution in [2.24, 2.45) is 0 Å². The Morgan fingerprint density at radius 2 is 1.91 bits per heavy atom. The summed E-state index contributed by atoms with van der Waals surface area (Å²) < 4.78 is 64.1. The van der Waals surface area contributed by atoms with E-state index in [0.717, 1.165) is 6.07 Å². The highest BCUT2D eigenvalue weighted by atomic mass is 35.5. The van der Waals surface area contributed by atoms with E-state index in [2.05, 4.69) is 4.98 Å². The fraction of sp³-hybridized carbons (Fsp3) is 0.158. The molecule has 9 nitrogen and oxygen atoms in total. The predicted octanol–water partition coefficient (Wildman–Crippen LogP) is 2.68. The summed E-state index contributed by atoms with van der Waals surface area (Å²) in [4.78, 5) is 39.7. The SMILES string of the molecule is CC(=O)COc1ncccc1Oc1cc(-n2c(=O)cc(C(F)(F)F)n(N)c2=O)c(F)cc1Cl. The van der Waals surface area contributed by atoms with E-state index >= 15 is 0 Å². The first-order valence-corrected chi connectivity index (χ1v) is 9.24. The average Bonchev–Trinajstić information content (AvgIpc) is 2.72. The third-order valence-corrected chi connectivity index (χ3v) is 4.33. The van der Waals surface area contributed by atoms with Crippen molar-refractivity contribution in [1.82, 2.24) is 14.2 Å². The highest BCUT2D eigenvalue weighted by Crippen LogP contribution is 2.36. The van der Waals surface area contributed by atoms with Gasteiger partial charge in [0.05, 0.1) is 10.7 Å². The molecule has 0 saturated heterocycles. The minimum absolute atomic E-state index is 0.0464. The molecule has 0 aliphatic rings. The van der Waals surface area contributed by atoms with Crippen molar-refractivity contribution in [3.05, 3.63) is 73.9 Å². The third-order valence-electron chi connectivity index (χ3n) is 4.04. The van der Waals surface area contributed by atoms with Gasteiger partial charge in [0.15, 0.2) is 17.2 Å². The molecule has 0 amide bonds. The van der Waals surface area contributed by atoms with Crippen LogP contribution in [0.25, 0.3) is 5.69 Å². The molecule has 0 aliphatic carbocycles. The summed E-state index contributed by atoms with van der Waals surface area (Å²) in [5.74, 6) is 3.18. The Kier molecular flexibility index (Phi) is 6.44. The summed E-state index contributed by atoms with van der Waals surface area (Å²) >= 11 is 5.99. The van der Waals surface area contributed by atoms with Gasteiger partial charge in [0, 0.05) is 18.3 Å². The fourth-order valence-electron chi connectivity index (χ4n) is 2.61. The van der Waals surface area contributed by atoms with Crippen molar-refractivity contribution in [2.75, 3.05) is 12.4 Å². The Labute approximate surface area is 186 Å². The van der Waals surface area contributed by atoms with Crippen LogP contribution in [0.4, 0.5) is 17.6 Å². The normalized spacial score (nSPS) is 11.3. The smallest absolute Gasteiger partial charge is 0.433 e. The molecule has 33 heavy (non-hydrogen) atoms. The number of nitrogens with two attached hydrogens (primary N) is 1. The summed E-state index contributed by atoms with van der Waals surface area (Å²) in [5, 5.41) is -0.314. The number of nitrogen functional groups attached to an aromatic ring is 1. The van der Waals surface area contributed by atoms with Gasteiger partial charge in [0.25, 0.3) is 11.4 Å². The average molecular weight is 489 g/mol. The van der Waals surface area contributed by atoms with E-state index in [0.29, 0.717) is 6.07 Å². The minimum Gasteiger partial charge on any atom is -0.467 e. The van der Waals surface area contributed by atoms with E-state index in [9.17, 15) is 31.9 Å². The zero-order valence-corrected chi connectivity index (χ0v) is 17.3. The molecule has 14 heteroatoms. The van der Waals surface area contributed by atoms with Crippen LogP contribution in [0.1, 0.15) is 12.6 Å². The second-order valence-electron chi connectivity index (χ2n) is 6.49. The van der Waals surface area contributed by atoms with Crippen LogP contribution < -0.4 is 26.6 Å². The van der Waals surface area contributed by atoms with Crippen LogP contribution in [-0.2, 0) is 11.0 Å². The van der Waals surface area contributed by atoms with E-state index in [1.807, 2.05) is 0 Å². The second kappa shape index (κ2) is 8.94. The lowest BCUT2D eigenvalue weighted by atomic mass is 10.2. The van der Waals surface area contributed by atoms with Crippen LogP contribution in [-0.4, -0.2) is 26.6 Å². The molecule has 0 atom stereocenters. The van der Waals surface area contributed by atoms with Gasteiger partial charge in [-0.25, -0.2) is 23.4 Å². The number of nitrogens with zero attached hydrogens (tertiary/aromatic N) is 3. The summed E-state index contributed by atoms with van der Waals surface area (Å²) in [7, 11) is 0. The lowest BCUT2D eigenvalue weighted by Gasteiger charge is -2.16. The lowest BCUT2D eigenvalue weighted by molar-refractivity contribution is -0.143. The number of ether oxygens (including phenoxy) is 2. The van der Waals surface area contributed by atoms with Gasteiger partial charge in [0.1, 0.15) is 18.2 Å². The number of Topliss-reactive ketones (excluding diaryl/α,β-unsaturated/α-hetero) is 1. The molecule has 3 aromatic rings. The van der Waals surface area contributed by atoms with E-state index in [-0.39, 0.29) is 50.1 Å². The largest absolute Gasteiger partial charge is 0.467 e. The molecule has 0 aliphatic heterocycles. The third kappa shape index (κ3) is 4.98. The van der Waals surface area contributed by atoms with Crippen molar-refractivity contribution < 1.29 is 31.8 Å². The first kappa shape index (κ1) is 23.8. The predicted molar refractivity (Wildman–Crippen MR) is 107 cm³/mol. The number of hydrogen-bond acceptors (Lipinski definition) is 7. The van der Waals surface area contributed by atoms with E-state index in [1.165, 1.54) is 25.3 Å². The van der Waals surface area contributed by atoms with Crippen molar-refractivity contribution in [3.8, 4) is 23.1 Å². The number of carbonyl (C=O) groups excluding carboxylic acids is 1. The number of rotatable bonds is 6. The van der Waals surface area contributed by atoms with Gasteiger partial charge < -0.3 is 15.3 Å². The summed E-state index contributed by atoms with van der Waals surface area (Å²) in [6, 6.07) is 4.37. The molecule has 1 aromatic carbocycles. The molecule has 2 N–H and O–H groups in total. The quantitative estimate of drug-likeness (QED) is 0.418. The molecule has 3 rings (SSSR count). The van der Waals surface area contributed by atoms with Gasteiger partial charge in [-0.15, -0.1) is 0 Å². The Bertz CT molecular complexity index is 1350. The Hall–Kier alpha value is -3.87. The first-order chi connectivity index (χ1) is 15.4.